The van der Waals surface area contributed by atoms with E-state index in [1.54, 1.807) is 0 Å². The van der Waals surface area contributed by atoms with Gasteiger partial charge in [-0.25, -0.2) is 0 Å². The Labute approximate surface area is 115 Å². The van der Waals surface area contributed by atoms with Crippen LogP contribution in [0.5, 0.6) is 0 Å². The van der Waals surface area contributed by atoms with Gasteiger partial charge in [0.1, 0.15) is 0 Å². The molecule has 1 aliphatic rings. The summed E-state index contributed by atoms with van der Waals surface area (Å²) in [7, 11) is 2.05. The predicted molar refractivity (Wildman–Crippen MR) is 74.9 cm³/mol. The van der Waals surface area contributed by atoms with Gasteiger partial charge in [-0.15, -0.1) is 0 Å². The van der Waals surface area contributed by atoms with Gasteiger partial charge in [-0.1, -0.05) is 30.3 Å². The summed E-state index contributed by atoms with van der Waals surface area (Å²) in [5, 5.41) is 12.6. The van der Waals surface area contributed by atoms with Crippen molar-refractivity contribution in [3.05, 3.63) is 35.9 Å². The first-order valence-corrected chi connectivity index (χ1v) is 6.75. The average Bonchev–Trinajstić information content (AvgIpc) is 2.47. The third-order valence-corrected chi connectivity index (χ3v) is 3.37. The van der Waals surface area contributed by atoms with Crippen molar-refractivity contribution in [3.63, 3.8) is 0 Å². The number of benzene rings is 1. The lowest BCUT2D eigenvalue weighted by molar-refractivity contribution is 0.00982. The highest BCUT2D eigenvalue weighted by Gasteiger charge is 2.18. The molecule has 2 atom stereocenters. The molecule has 1 aromatic carbocycles. The van der Waals surface area contributed by atoms with Crippen molar-refractivity contribution in [2.24, 2.45) is 0 Å². The lowest BCUT2D eigenvalue weighted by Crippen LogP contribution is -2.45. The van der Waals surface area contributed by atoms with Gasteiger partial charge < -0.3 is 15.0 Å². The van der Waals surface area contributed by atoms with Crippen LogP contribution in [0.15, 0.2) is 30.3 Å². The summed E-state index contributed by atoms with van der Waals surface area (Å²) in [4.78, 5) is 2.18. The molecule has 1 aromatic rings. The zero-order valence-corrected chi connectivity index (χ0v) is 11.4. The molecule has 0 spiro atoms. The Morgan fingerprint density at radius 1 is 1.47 bits per heavy atom. The minimum Gasteiger partial charge on any atom is -0.374 e. The van der Waals surface area contributed by atoms with Gasteiger partial charge in [-0.3, -0.25) is 0 Å². The number of hydrogen-bond donors (Lipinski definition) is 1. The third kappa shape index (κ3) is 4.32. The van der Waals surface area contributed by atoms with E-state index in [1.807, 2.05) is 37.4 Å². The summed E-state index contributed by atoms with van der Waals surface area (Å²) in [5.74, 6) is -0.0808. The lowest BCUT2D eigenvalue weighted by atomic mass is 10.0. The van der Waals surface area contributed by atoms with Crippen LogP contribution in [0.1, 0.15) is 11.5 Å². The summed E-state index contributed by atoms with van der Waals surface area (Å²) in [6.07, 6.45) is 0.230. The van der Waals surface area contributed by atoms with Gasteiger partial charge in [0.2, 0.25) is 0 Å². The van der Waals surface area contributed by atoms with E-state index in [2.05, 4.69) is 16.3 Å². The molecule has 0 aliphatic carbocycles. The van der Waals surface area contributed by atoms with Crippen LogP contribution in [0, 0.1) is 11.3 Å². The number of nitrogens with one attached hydrogen (secondary N) is 1. The fourth-order valence-electron chi connectivity index (χ4n) is 2.38. The topological polar surface area (TPSA) is 48.3 Å². The molecule has 0 saturated carbocycles. The Balaban J connectivity index is 1.86. The van der Waals surface area contributed by atoms with Crippen molar-refractivity contribution < 1.29 is 4.74 Å². The van der Waals surface area contributed by atoms with Crippen LogP contribution in [-0.2, 0) is 4.74 Å². The van der Waals surface area contributed by atoms with E-state index in [0.717, 1.165) is 38.3 Å². The van der Waals surface area contributed by atoms with Crippen LogP contribution in [0.3, 0.4) is 0 Å². The molecule has 2 rings (SSSR count). The molecular weight excluding hydrogens is 238 g/mol. The maximum absolute atomic E-state index is 9.31. The number of rotatable bonds is 5. The van der Waals surface area contributed by atoms with Gasteiger partial charge in [0.05, 0.1) is 24.7 Å². The number of likely N-dealkylation sites (N-methyl/N-ethyl adjacent to an activating group) is 1. The molecule has 0 radical (unpaired) electrons. The minimum atomic E-state index is -0.0808. The normalized spacial score (nSPS) is 21.0. The molecule has 1 saturated heterocycles. The molecule has 0 amide bonds. The van der Waals surface area contributed by atoms with E-state index >= 15 is 0 Å². The fraction of sp³-hybridized carbons (Fsp3) is 0.533. The molecule has 1 N–H and O–H groups in total. The molecular formula is C15H21N3O. The first-order chi connectivity index (χ1) is 9.29. The van der Waals surface area contributed by atoms with Crippen LogP contribution in [-0.4, -0.2) is 50.8 Å². The van der Waals surface area contributed by atoms with Crippen LogP contribution in [0.4, 0.5) is 0 Å². The third-order valence-electron chi connectivity index (χ3n) is 3.37. The van der Waals surface area contributed by atoms with E-state index in [-0.39, 0.29) is 12.0 Å². The maximum Gasteiger partial charge on any atom is 0.0839 e. The molecule has 102 valence electrons. The molecule has 2 unspecified atom stereocenters. The first kappa shape index (κ1) is 14.0. The Morgan fingerprint density at radius 2 is 2.26 bits per heavy atom. The number of hydrogen-bond acceptors (Lipinski definition) is 4. The molecule has 4 heteroatoms. The SMILES string of the molecule is CN(CC1CNCCO1)CC(C#N)c1ccccc1. The van der Waals surface area contributed by atoms with Crippen molar-refractivity contribution in [1.29, 1.82) is 5.26 Å². The van der Waals surface area contributed by atoms with Crippen molar-refractivity contribution >= 4 is 0 Å². The highest BCUT2D eigenvalue weighted by molar-refractivity contribution is 5.25. The van der Waals surface area contributed by atoms with E-state index in [1.165, 1.54) is 0 Å². The number of nitrogens with zero attached hydrogens (tertiary/aromatic N) is 2. The van der Waals surface area contributed by atoms with Crippen LogP contribution in [0.25, 0.3) is 0 Å². The van der Waals surface area contributed by atoms with Gasteiger partial charge in [-0.2, -0.15) is 5.26 Å². The summed E-state index contributed by atoms with van der Waals surface area (Å²) < 4.78 is 5.68. The molecule has 0 bridgehead atoms. The quantitative estimate of drug-likeness (QED) is 0.863. The first-order valence-electron chi connectivity index (χ1n) is 6.75. The minimum absolute atomic E-state index is 0.0808. The summed E-state index contributed by atoms with van der Waals surface area (Å²) in [6.45, 7) is 4.20. The summed E-state index contributed by atoms with van der Waals surface area (Å²) in [6, 6.07) is 12.4. The Morgan fingerprint density at radius 3 is 2.89 bits per heavy atom. The maximum atomic E-state index is 9.31. The largest absolute Gasteiger partial charge is 0.374 e. The molecule has 4 nitrogen and oxygen atoms in total. The Hall–Kier alpha value is -1.41. The number of morpholine rings is 1. The van der Waals surface area contributed by atoms with Gasteiger partial charge >= 0.3 is 0 Å². The second kappa shape index (κ2) is 7.25. The summed E-state index contributed by atoms with van der Waals surface area (Å²) in [5.41, 5.74) is 1.08. The van der Waals surface area contributed by atoms with Crippen molar-refractivity contribution in [3.8, 4) is 6.07 Å². The fourth-order valence-corrected chi connectivity index (χ4v) is 2.38. The molecule has 19 heavy (non-hydrogen) atoms. The molecule has 0 aromatic heterocycles. The van der Waals surface area contributed by atoms with Crippen molar-refractivity contribution in [2.75, 3.05) is 39.8 Å². The van der Waals surface area contributed by atoms with E-state index in [4.69, 9.17) is 4.74 Å². The zero-order valence-electron chi connectivity index (χ0n) is 11.4. The molecule has 1 heterocycles. The summed E-state index contributed by atoms with van der Waals surface area (Å²) >= 11 is 0. The van der Waals surface area contributed by atoms with Gasteiger partial charge in [0.15, 0.2) is 0 Å². The van der Waals surface area contributed by atoms with Crippen LogP contribution >= 0.6 is 0 Å². The zero-order chi connectivity index (χ0) is 13.5. The Bertz CT molecular complexity index is 409. The number of nitriles is 1. The van der Waals surface area contributed by atoms with Gasteiger partial charge in [0, 0.05) is 26.2 Å². The van der Waals surface area contributed by atoms with Crippen LogP contribution < -0.4 is 5.32 Å². The second-order valence-corrected chi connectivity index (χ2v) is 5.01. The van der Waals surface area contributed by atoms with E-state index in [9.17, 15) is 5.26 Å². The van der Waals surface area contributed by atoms with Crippen LogP contribution in [0.2, 0.25) is 0 Å². The predicted octanol–water partition coefficient (Wildman–Crippen LogP) is 1.21. The molecule has 1 fully saturated rings. The second-order valence-electron chi connectivity index (χ2n) is 5.01. The Kier molecular flexibility index (Phi) is 5.34. The monoisotopic (exact) mass is 259 g/mol. The van der Waals surface area contributed by atoms with Crippen molar-refractivity contribution in [1.82, 2.24) is 10.2 Å². The average molecular weight is 259 g/mol. The number of ether oxygens (including phenoxy) is 1. The molecule has 1 aliphatic heterocycles. The standard InChI is InChI=1S/C15H21N3O/c1-18(12-15-10-17-7-8-19-15)11-14(9-16)13-5-3-2-4-6-13/h2-6,14-15,17H,7-8,10-12H2,1H3. The lowest BCUT2D eigenvalue weighted by Gasteiger charge is -2.28. The van der Waals surface area contributed by atoms with Gasteiger partial charge in [0.25, 0.3) is 0 Å². The van der Waals surface area contributed by atoms with E-state index < -0.39 is 0 Å². The highest BCUT2D eigenvalue weighted by atomic mass is 16.5. The van der Waals surface area contributed by atoms with E-state index in [0.29, 0.717) is 0 Å². The van der Waals surface area contributed by atoms with Gasteiger partial charge in [-0.05, 0) is 12.6 Å². The van der Waals surface area contributed by atoms with Crippen molar-refractivity contribution in [2.45, 2.75) is 12.0 Å². The highest BCUT2D eigenvalue weighted by Crippen LogP contribution is 2.15. The smallest absolute Gasteiger partial charge is 0.0839 e.